The Morgan fingerprint density at radius 3 is 2.61 bits per heavy atom. The molecule has 23 heavy (non-hydrogen) atoms. The summed E-state index contributed by atoms with van der Waals surface area (Å²) in [6.07, 6.45) is 0.526. The Bertz CT molecular complexity index is 621. The summed E-state index contributed by atoms with van der Waals surface area (Å²) >= 11 is 0. The largest absolute Gasteiger partial charge is 0.418 e. The average Bonchev–Trinajstić information content (AvgIpc) is 2.68. The first kappa shape index (κ1) is 17.4. The van der Waals surface area contributed by atoms with Crippen LogP contribution in [0.3, 0.4) is 0 Å². The quantitative estimate of drug-likeness (QED) is 0.317. The molecule has 2 saturated heterocycles. The molecule has 130 valence electrons. The predicted octanol–water partition coefficient (Wildman–Crippen LogP) is -2.52. The maximum Gasteiger partial charge on any atom is 0.418 e. The number of nitrogens with two attached hydrogens (primary N) is 1. The summed E-state index contributed by atoms with van der Waals surface area (Å²) in [5.41, 5.74) is 9.61. The summed E-state index contributed by atoms with van der Waals surface area (Å²) in [5, 5.41) is 0.531. The number of hydrogen-bond donors (Lipinski definition) is 4. The minimum atomic E-state index is -4.84. The molecule has 12 nitrogen and oxygen atoms in total. The van der Waals surface area contributed by atoms with Crippen molar-refractivity contribution in [3.05, 3.63) is 0 Å². The number of carbonyl (C=O) groups is 3. The molecule has 0 spiro atoms. The second kappa shape index (κ2) is 6.27. The van der Waals surface area contributed by atoms with Gasteiger partial charge in [0.15, 0.2) is 0 Å². The molecule has 0 saturated carbocycles. The number of hydrogen-bond acceptors (Lipinski definition) is 7. The Labute approximate surface area is 131 Å². The Hall–Kier alpha value is -1.96. The number of urea groups is 1. The zero-order valence-corrected chi connectivity index (χ0v) is 12.9. The van der Waals surface area contributed by atoms with Crippen molar-refractivity contribution in [3.8, 4) is 0 Å². The van der Waals surface area contributed by atoms with E-state index in [1.807, 2.05) is 0 Å². The van der Waals surface area contributed by atoms with Gasteiger partial charge in [-0.3, -0.25) is 25.0 Å². The number of carbonyl (C=O) groups excluding carboxylic acids is 3. The lowest BCUT2D eigenvalue weighted by atomic mass is 10.0. The average molecular weight is 351 g/mol. The van der Waals surface area contributed by atoms with Crippen molar-refractivity contribution in [1.29, 1.82) is 0 Å². The number of nitrogens with zero attached hydrogens (tertiary/aromatic N) is 2. The summed E-state index contributed by atoms with van der Waals surface area (Å²) in [4.78, 5) is 36.6. The fourth-order valence-corrected chi connectivity index (χ4v) is 2.81. The summed E-state index contributed by atoms with van der Waals surface area (Å²) in [6.45, 7) is 1.49. The van der Waals surface area contributed by atoms with Gasteiger partial charge in [0.25, 0.3) is 11.8 Å². The zero-order valence-electron chi connectivity index (χ0n) is 12.1. The number of amides is 4. The van der Waals surface area contributed by atoms with E-state index in [-0.39, 0.29) is 19.4 Å². The van der Waals surface area contributed by atoms with E-state index < -0.39 is 46.4 Å². The molecule has 13 heteroatoms. The Morgan fingerprint density at radius 2 is 2.04 bits per heavy atom. The molecule has 0 aromatic carbocycles. The standard InChI is InChI=1S/C10H17N5O7S/c1-5(11)8(16)12-13-9(17)7-3-2-6-4-14(7)10(18)15(6)22-23(19,20)21/h5-7H,2-4,11H2,1H3,(H,12,16)(H,13,17)(H,19,20,21)/t5?,6-,7+/m1/s1. The third kappa shape index (κ3) is 3.87. The van der Waals surface area contributed by atoms with Crippen LogP contribution in [0.5, 0.6) is 0 Å². The molecule has 2 bridgehead atoms. The molecule has 0 radical (unpaired) electrons. The van der Waals surface area contributed by atoms with E-state index in [0.717, 1.165) is 4.90 Å². The van der Waals surface area contributed by atoms with E-state index in [9.17, 15) is 22.8 Å². The van der Waals surface area contributed by atoms with E-state index in [0.29, 0.717) is 5.06 Å². The van der Waals surface area contributed by atoms with Crippen LogP contribution in [-0.4, -0.2) is 65.4 Å². The third-order valence-corrected chi connectivity index (χ3v) is 3.87. The SMILES string of the molecule is CC(N)C(=O)NNC(=O)[C@@H]1CC[C@@H]2CN1C(=O)N2OS(=O)(=O)O. The van der Waals surface area contributed by atoms with Gasteiger partial charge in [-0.15, -0.1) is 4.28 Å². The molecule has 2 aliphatic heterocycles. The minimum absolute atomic E-state index is 0.0632. The molecule has 5 N–H and O–H groups in total. The smallest absolute Gasteiger partial charge is 0.320 e. The van der Waals surface area contributed by atoms with Crippen molar-refractivity contribution < 1.29 is 31.6 Å². The number of hydroxylamine groups is 2. The molecule has 2 aliphatic rings. The van der Waals surface area contributed by atoms with Crippen LogP contribution >= 0.6 is 0 Å². The van der Waals surface area contributed by atoms with E-state index >= 15 is 0 Å². The number of nitrogens with one attached hydrogen (secondary N) is 2. The van der Waals surface area contributed by atoms with Crippen molar-refractivity contribution in [2.45, 2.75) is 37.9 Å². The lowest BCUT2D eigenvalue weighted by Gasteiger charge is -2.29. The van der Waals surface area contributed by atoms with Gasteiger partial charge < -0.3 is 10.6 Å². The first-order valence-electron chi connectivity index (χ1n) is 6.72. The van der Waals surface area contributed by atoms with Crippen LogP contribution in [0.4, 0.5) is 4.79 Å². The lowest BCUT2D eigenvalue weighted by molar-refractivity contribution is -0.132. The molecular formula is C10H17N5O7S. The lowest BCUT2D eigenvalue weighted by Crippen LogP contribution is -2.56. The molecule has 0 aromatic heterocycles. The number of fused-ring (bicyclic) bond motifs is 2. The second-order valence-corrected chi connectivity index (χ2v) is 6.28. The number of hydrazine groups is 1. The predicted molar refractivity (Wildman–Crippen MR) is 73.3 cm³/mol. The number of rotatable bonds is 4. The van der Waals surface area contributed by atoms with Gasteiger partial charge in [0.05, 0.1) is 12.1 Å². The molecular weight excluding hydrogens is 334 g/mol. The monoisotopic (exact) mass is 351 g/mol. The van der Waals surface area contributed by atoms with Gasteiger partial charge in [-0.05, 0) is 19.8 Å². The van der Waals surface area contributed by atoms with E-state index in [2.05, 4.69) is 15.1 Å². The molecule has 0 aliphatic carbocycles. The van der Waals surface area contributed by atoms with Crippen molar-refractivity contribution >= 4 is 28.2 Å². The first-order valence-corrected chi connectivity index (χ1v) is 8.09. The van der Waals surface area contributed by atoms with Crippen LogP contribution in [0, 0.1) is 0 Å². The van der Waals surface area contributed by atoms with Gasteiger partial charge in [0.1, 0.15) is 6.04 Å². The van der Waals surface area contributed by atoms with E-state index in [1.54, 1.807) is 0 Å². The van der Waals surface area contributed by atoms with Gasteiger partial charge in [0, 0.05) is 6.54 Å². The van der Waals surface area contributed by atoms with Crippen LogP contribution in [0.15, 0.2) is 0 Å². The minimum Gasteiger partial charge on any atom is -0.320 e. The summed E-state index contributed by atoms with van der Waals surface area (Å²) < 4.78 is 34.4. The summed E-state index contributed by atoms with van der Waals surface area (Å²) in [5.74, 6) is -1.24. The molecule has 2 fully saturated rings. The fraction of sp³-hybridized carbons (Fsp3) is 0.700. The Kier molecular flexibility index (Phi) is 4.74. The van der Waals surface area contributed by atoms with E-state index in [4.69, 9.17) is 10.3 Å². The van der Waals surface area contributed by atoms with Gasteiger partial charge >= 0.3 is 16.4 Å². The molecule has 1 unspecified atom stereocenters. The van der Waals surface area contributed by atoms with Crippen LogP contribution < -0.4 is 16.6 Å². The summed E-state index contributed by atoms with van der Waals surface area (Å²) in [6, 6.07) is -3.17. The molecule has 2 rings (SSSR count). The highest BCUT2D eigenvalue weighted by Gasteiger charge is 2.49. The van der Waals surface area contributed by atoms with E-state index in [1.165, 1.54) is 6.92 Å². The highest BCUT2D eigenvalue weighted by atomic mass is 32.3. The molecule has 3 atom stereocenters. The van der Waals surface area contributed by atoms with Crippen molar-refractivity contribution in [2.75, 3.05) is 6.54 Å². The van der Waals surface area contributed by atoms with Crippen LogP contribution in [-0.2, 0) is 24.3 Å². The topological polar surface area (TPSA) is 171 Å². The fourth-order valence-electron chi connectivity index (χ4n) is 2.42. The highest BCUT2D eigenvalue weighted by Crippen LogP contribution is 2.30. The van der Waals surface area contributed by atoms with Crippen molar-refractivity contribution in [3.63, 3.8) is 0 Å². The van der Waals surface area contributed by atoms with Crippen LogP contribution in [0.2, 0.25) is 0 Å². The van der Waals surface area contributed by atoms with Gasteiger partial charge in [-0.1, -0.05) is 0 Å². The Morgan fingerprint density at radius 1 is 1.39 bits per heavy atom. The van der Waals surface area contributed by atoms with Crippen molar-refractivity contribution in [1.82, 2.24) is 20.8 Å². The Balaban J connectivity index is 2.01. The van der Waals surface area contributed by atoms with Gasteiger partial charge in [0.2, 0.25) is 0 Å². The first-order chi connectivity index (χ1) is 10.6. The second-order valence-electron chi connectivity index (χ2n) is 5.28. The van der Waals surface area contributed by atoms with Gasteiger partial charge in [-0.25, -0.2) is 4.79 Å². The van der Waals surface area contributed by atoms with Crippen LogP contribution in [0.25, 0.3) is 0 Å². The maximum atomic E-state index is 12.1. The number of piperidine rings is 1. The van der Waals surface area contributed by atoms with Crippen LogP contribution in [0.1, 0.15) is 19.8 Å². The normalized spacial score (nSPS) is 25.3. The van der Waals surface area contributed by atoms with Crippen molar-refractivity contribution in [2.24, 2.45) is 5.73 Å². The highest BCUT2D eigenvalue weighted by molar-refractivity contribution is 7.80. The molecule has 0 aromatic rings. The van der Waals surface area contributed by atoms with Gasteiger partial charge in [-0.2, -0.15) is 13.5 Å². The maximum absolute atomic E-state index is 12.1. The summed E-state index contributed by atoms with van der Waals surface area (Å²) in [7, 11) is -4.84. The molecule has 2 heterocycles. The molecule has 4 amide bonds. The third-order valence-electron chi connectivity index (χ3n) is 3.52. The zero-order chi connectivity index (χ0) is 17.4.